The van der Waals surface area contributed by atoms with Crippen molar-refractivity contribution in [1.29, 1.82) is 0 Å². The maximum Gasteiger partial charge on any atom is 0.524 e. The molecular weight excluding hydrogens is 549 g/mol. The number of nitrogens with one attached hydrogen (secondary N) is 1. The van der Waals surface area contributed by atoms with E-state index in [0.29, 0.717) is 49.2 Å². The van der Waals surface area contributed by atoms with E-state index in [1.165, 1.54) is 6.07 Å². The van der Waals surface area contributed by atoms with E-state index < -0.39 is 13.7 Å². The molecule has 2 heterocycles. The zero-order valence-corrected chi connectivity index (χ0v) is 23.4. The Morgan fingerprint density at radius 2 is 2.00 bits per heavy atom. The largest absolute Gasteiger partial charge is 0.524 e. The number of imidazole rings is 1. The predicted octanol–water partition coefficient (Wildman–Crippen LogP) is 3.04. The molecule has 0 spiro atoms. The first kappa shape index (κ1) is 29.8. The number of ether oxygens (including phenoxy) is 1. The van der Waals surface area contributed by atoms with Gasteiger partial charge < -0.3 is 30.0 Å². The molecule has 0 atom stereocenters. The second-order valence-electron chi connectivity index (χ2n) is 9.37. The molecule has 0 aliphatic heterocycles. The van der Waals surface area contributed by atoms with Crippen LogP contribution in [0.5, 0.6) is 11.5 Å². The normalized spacial score (nSPS) is 11.6. The van der Waals surface area contributed by atoms with Gasteiger partial charge in [-0.3, -0.25) is 14.6 Å². The number of aromatic hydroxyl groups is 1. The number of nitrogens with two attached hydrogens (primary N) is 1. The van der Waals surface area contributed by atoms with Crippen molar-refractivity contribution in [3.63, 3.8) is 0 Å². The Hall–Kier alpha value is -4.14. The molecule has 13 heteroatoms. The molecule has 1 amide bonds. The highest BCUT2D eigenvalue weighted by molar-refractivity contribution is 7.46. The highest BCUT2D eigenvalue weighted by Gasteiger charge is 2.22. The average Bonchev–Trinajstić information content (AvgIpc) is 3.29. The van der Waals surface area contributed by atoms with Crippen molar-refractivity contribution in [2.24, 2.45) is 0 Å². The molecule has 0 aliphatic carbocycles. The maximum atomic E-state index is 11.4. The van der Waals surface area contributed by atoms with E-state index in [-0.39, 0.29) is 23.9 Å². The van der Waals surface area contributed by atoms with Crippen LogP contribution >= 0.6 is 7.82 Å². The number of pyridine rings is 1. The van der Waals surface area contributed by atoms with Crippen LogP contribution in [-0.2, 0) is 33.5 Å². The van der Waals surface area contributed by atoms with Crippen molar-refractivity contribution in [1.82, 2.24) is 19.9 Å². The van der Waals surface area contributed by atoms with E-state index in [0.717, 1.165) is 35.1 Å². The second kappa shape index (κ2) is 13.0. The van der Waals surface area contributed by atoms with Crippen molar-refractivity contribution in [3.05, 3.63) is 53.3 Å². The highest BCUT2D eigenvalue weighted by Crippen LogP contribution is 2.43. The predicted molar refractivity (Wildman–Crippen MR) is 154 cm³/mol. The van der Waals surface area contributed by atoms with Crippen LogP contribution in [0.4, 0.5) is 5.82 Å². The summed E-state index contributed by atoms with van der Waals surface area (Å²) in [5.74, 6) is 1.84. The Bertz CT molecular complexity index is 1660. The number of benzene rings is 2. The lowest BCUT2D eigenvalue weighted by molar-refractivity contribution is -0.115. The molecule has 0 saturated heterocycles. The van der Waals surface area contributed by atoms with Gasteiger partial charge in [-0.2, -0.15) is 0 Å². The van der Waals surface area contributed by atoms with Gasteiger partial charge in [0.2, 0.25) is 0 Å². The van der Waals surface area contributed by atoms with Gasteiger partial charge in [0, 0.05) is 23.9 Å². The number of unbranched alkanes of at least 4 members (excludes halogenated alkanes) is 1. The van der Waals surface area contributed by atoms with Crippen LogP contribution in [-0.4, -0.2) is 55.1 Å². The third kappa shape index (κ3) is 7.34. The lowest BCUT2D eigenvalue weighted by Gasteiger charge is -2.15. The highest BCUT2D eigenvalue weighted by atomic mass is 31.2. The quantitative estimate of drug-likeness (QED) is 0.0894. The van der Waals surface area contributed by atoms with Crippen molar-refractivity contribution in [2.45, 2.75) is 39.2 Å². The van der Waals surface area contributed by atoms with Gasteiger partial charge in [-0.25, -0.2) is 14.5 Å². The molecule has 0 unspecified atom stereocenters. The van der Waals surface area contributed by atoms with Crippen LogP contribution in [0.2, 0.25) is 0 Å². The topological polar surface area (TPSA) is 182 Å². The number of nitrogens with zero attached hydrogens (tertiary/aromatic N) is 3. The van der Waals surface area contributed by atoms with Gasteiger partial charge in [0.1, 0.15) is 11.3 Å². The fourth-order valence-corrected chi connectivity index (χ4v) is 4.91. The van der Waals surface area contributed by atoms with Gasteiger partial charge in [0.25, 0.3) is 5.91 Å². The number of phosphoric ester groups is 1. The summed E-state index contributed by atoms with van der Waals surface area (Å²) in [6.45, 7) is 3.32. The number of hydrogen-bond acceptors (Lipinski definition) is 8. The Balaban J connectivity index is 1.67. The summed E-state index contributed by atoms with van der Waals surface area (Å²) in [7, 11) is -4.87. The summed E-state index contributed by atoms with van der Waals surface area (Å²) >= 11 is 0. The molecule has 4 rings (SSSR count). The molecule has 216 valence electrons. The number of hydrogen-bond donors (Lipinski definition) is 5. The molecule has 0 radical (unpaired) electrons. The van der Waals surface area contributed by atoms with Crippen molar-refractivity contribution < 1.29 is 33.5 Å². The van der Waals surface area contributed by atoms with Crippen molar-refractivity contribution in [2.75, 3.05) is 25.5 Å². The zero-order chi connectivity index (χ0) is 29.6. The minimum Gasteiger partial charge on any atom is -0.504 e. The number of aryl methyl sites for hydroxylation is 1. The van der Waals surface area contributed by atoms with Gasteiger partial charge >= 0.3 is 7.82 Å². The lowest BCUT2D eigenvalue weighted by atomic mass is 10.1. The van der Waals surface area contributed by atoms with Crippen LogP contribution in [0.3, 0.4) is 0 Å². The zero-order valence-electron chi connectivity index (χ0n) is 22.5. The summed E-state index contributed by atoms with van der Waals surface area (Å²) in [5, 5.41) is 14.1. The van der Waals surface area contributed by atoms with E-state index in [1.54, 1.807) is 12.1 Å². The Kier molecular flexibility index (Phi) is 9.47. The minimum absolute atomic E-state index is 0.157. The van der Waals surface area contributed by atoms with E-state index in [2.05, 4.69) is 21.7 Å². The number of para-hydroxylation sites is 1. The number of terminal acetylenes is 1. The van der Waals surface area contributed by atoms with Crippen molar-refractivity contribution in [3.8, 4) is 23.8 Å². The number of carbonyl (C=O) groups excluding carboxylic acids is 1. The van der Waals surface area contributed by atoms with E-state index >= 15 is 0 Å². The molecule has 41 heavy (non-hydrogen) atoms. The number of phenolic OH excluding ortho intramolecular Hbond substituents is 1. The summed E-state index contributed by atoms with van der Waals surface area (Å²) in [6.07, 6.45) is 8.10. The van der Waals surface area contributed by atoms with Crippen molar-refractivity contribution >= 4 is 41.5 Å². The summed E-state index contributed by atoms with van der Waals surface area (Å²) < 4.78 is 23.6. The second-order valence-corrected chi connectivity index (χ2v) is 10.5. The number of aromatic nitrogens is 3. The third-order valence-electron chi connectivity index (χ3n) is 6.43. The maximum absolute atomic E-state index is 11.4. The SMILES string of the molecule is C#CC(=O)NCCOCCc1ccc2c(c1)nc(N)c1nc(CCCC)n(Cc3cccc(OP(=O)(O)O)c3O)c12. The van der Waals surface area contributed by atoms with Gasteiger partial charge in [-0.15, -0.1) is 6.42 Å². The standard InChI is InChI=1S/C28H32N5O7P/c1-3-5-9-23-32-25-26(33(23)17-19-7-6-8-22(27(19)35)40-41(36,37)38)20-11-10-18(16-21(20)31-28(25)29)12-14-39-15-13-30-24(34)4-2/h2,6-8,10-11,16,35H,3,5,9,12-15,17H2,1H3,(H2,29,31)(H,30,34)(H2,36,37,38). The Labute approximate surface area is 236 Å². The first-order valence-electron chi connectivity index (χ1n) is 13.1. The van der Waals surface area contributed by atoms with Crippen LogP contribution in [0.1, 0.15) is 36.7 Å². The van der Waals surface area contributed by atoms with Gasteiger partial charge in [0.05, 0.1) is 30.8 Å². The molecular formula is C28H32N5O7P. The molecule has 6 N–H and O–H groups in total. The van der Waals surface area contributed by atoms with Crippen LogP contribution < -0.4 is 15.6 Å². The number of anilines is 1. The third-order valence-corrected chi connectivity index (χ3v) is 6.86. The number of phenols is 1. The lowest BCUT2D eigenvalue weighted by Crippen LogP contribution is -2.25. The van der Waals surface area contributed by atoms with E-state index in [1.807, 2.05) is 28.7 Å². The molecule has 0 bridgehead atoms. The number of carbonyl (C=O) groups is 1. The molecule has 0 saturated carbocycles. The van der Waals surface area contributed by atoms with E-state index in [4.69, 9.17) is 21.9 Å². The number of rotatable bonds is 13. The molecule has 12 nitrogen and oxygen atoms in total. The first-order chi connectivity index (χ1) is 19.6. The summed E-state index contributed by atoms with van der Waals surface area (Å²) in [6, 6.07) is 10.3. The number of fused-ring (bicyclic) bond motifs is 3. The average molecular weight is 582 g/mol. The Morgan fingerprint density at radius 1 is 1.20 bits per heavy atom. The van der Waals surface area contributed by atoms with Crippen LogP contribution in [0.25, 0.3) is 21.9 Å². The van der Waals surface area contributed by atoms with Crippen LogP contribution in [0, 0.1) is 12.3 Å². The number of phosphoric acid groups is 1. The molecule has 0 fully saturated rings. The number of nitrogen functional groups attached to an aromatic ring is 1. The number of amides is 1. The van der Waals surface area contributed by atoms with Gasteiger partial charge in [-0.1, -0.05) is 37.6 Å². The summed E-state index contributed by atoms with van der Waals surface area (Å²) in [4.78, 5) is 39.0. The monoisotopic (exact) mass is 581 g/mol. The molecule has 0 aliphatic rings. The fourth-order valence-electron chi connectivity index (χ4n) is 4.50. The minimum atomic E-state index is -4.87. The Morgan fingerprint density at radius 3 is 2.73 bits per heavy atom. The van der Waals surface area contributed by atoms with Crippen LogP contribution in [0.15, 0.2) is 36.4 Å². The first-order valence-corrected chi connectivity index (χ1v) is 14.6. The fraction of sp³-hybridized carbons (Fsp3) is 0.321. The molecule has 2 aromatic carbocycles. The molecule has 4 aromatic rings. The molecule has 2 aromatic heterocycles. The smallest absolute Gasteiger partial charge is 0.504 e. The van der Waals surface area contributed by atoms with Gasteiger partial charge in [0.15, 0.2) is 17.3 Å². The summed E-state index contributed by atoms with van der Waals surface area (Å²) in [5.41, 5.74) is 9.69. The van der Waals surface area contributed by atoms with E-state index in [9.17, 15) is 24.3 Å². The van der Waals surface area contributed by atoms with Gasteiger partial charge in [-0.05, 0) is 36.5 Å².